The summed E-state index contributed by atoms with van der Waals surface area (Å²) >= 11 is 1.97. The van der Waals surface area contributed by atoms with E-state index in [-0.39, 0.29) is 0 Å². The van der Waals surface area contributed by atoms with E-state index in [0.717, 1.165) is 18.9 Å². The maximum absolute atomic E-state index is 4.99. The Labute approximate surface area is 122 Å². The number of hydrogen-bond donors (Lipinski definition) is 1. The highest BCUT2D eigenvalue weighted by Gasteiger charge is 2.22. The molecule has 0 atom stereocenters. The molecular formula is C16H28N2S. The molecule has 2 nitrogen and oxygen atoms in total. The van der Waals surface area contributed by atoms with Crippen molar-refractivity contribution in [2.75, 3.05) is 0 Å². The summed E-state index contributed by atoms with van der Waals surface area (Å²) in [6.45, 7) is 9.98. The van der Waals surface area contributed by atoms with Gasteiger partial charge in [-0.25, -0.2) is 4.98 Å². The molecule has 1 aromatic rings. The minimum Gasteiger partial charge on any atom is -0.310 e. The summed E-state index contributed by atoms with van der Waals surface area (Å²) in [7, 11) is 0. The summed E-state index contributed by atoms with van der Waals surface area (Å²) < 4.78 is 0. The summed E-state index contributed by atoms with van der Waals surface area (Å²) in [5.41, 5.74) is 1.36. The van der Waals surface area contributed by atoms with Gasteiger partial charge in [0, 0.05) is 23.4 Å². The highest BCUT2D eigenvalue weighted by Crippen LogP contribution is 2.37. The predicted octanol–water partition coefficient (Wildman–Crippen LogP) is 4.50. The molecule has 1 fully saturated rings. The average molecular weight is 280 g/mol. The van der Waals surface area contributed by atoms with Crippen LogP contribution in [0.2, 0.25) is 0 Å². The molecule has 1 aliphatic rings. The minimum atomic E-state index is 0.545. The maximum Gasteiger partial charge on any atom is 0.0962 e. The van der Waals surface area contributed by atoms with Gasteiger partial charge in [-0.1, -0.05) is 40.5 Å². The molecule has 0 amide bonds. The second kappa shape index (κ2) is 6.85. The Morgan fingerprint density at radius 1 is 1.21 bits per heavy atom. The van der Waals surface area contributed by atoms with Gasteiger partial charge in [0.1, 0.15) is 0 Å². The van der Waals surface area contributed by atoms with Crippen LogP contribution in [0.1, 0.15) is 74.9 Å². The SMILES string of the molecule is CC(C)Cc1nc(C2CCCC2)sc1CNC(C)C. The Hall–Kier alpha value is -0.410. The minimum absolute atomic E-state index is 0.545. The van der Waals surface area contributed by atoms with E-state index in [4.69, 9.17) is 4.98 Å². The Bertz CT molecular complexity index is 389. The second-order valence-corrected chi connectivity index (χ2v) is 7.65. The molecule has 0 bridgehead atoms. The third-order valence-corrected chi connectivity index (χ3v) is 5.03. The van der Waals surface area contributed by atoms with E-state index in [2.05, 4.69) is 33.0 Å². The molecular weight excluding hydrogens is 252 g/mol. The largest absolute Gasteiger partial charge is 0.310 e. The number of rotatable bonds is 6. The van der Waals surface area contributed by atoms with Gasteiger partial charge in [0.25, 0.3) is 0 Å². The van der Waals surface area contributed by atoms with Crippen LogP contribution in [0.4, 0.5) is 0 Å². The van der Waals surface area contributed by atoms with Crippen LogP contribution in [0.25, 0.3) is 0 Å². The van der Waals surface area contributed by atoms with Crippen LogP contribution in [0.5, 0.6) is 0 Å². The predicted molar refractivity (Wildman–Crippen MR) is 83.8 cm³/mol. The van der Waals surface area contributed by atoms with E-state index in [1.807, 2.05) is 11.3 Å². The summed E-state index contributed by atoms with van der Waals surface area (Å²) in [4.78, 5) is 6.47. The van der Waals surface area contributed by atoms with Gasteiger partial charge < -0.3 is 5.32 Å². The second-order valence-electron chi connectivity index (χ2n) is 6.54. The lowest BCUT2D eigenvalue weighted by Gasteiger charge is -2.08. The molecule has 0 aliphatic heterocycles. The molecule has 1 aromatic heterocycles. The van der Waals surface area contributed by atoms with Crippen molar-refractivity contribution in [2.45, 2.75) is 78.3 Å². The Balaban J connectivity index is 2.12. The number of hydrogen-bond acceptors (Lipinski definition) is 3. The fraction of sp³-hybridized carbons (Fsp3) is 0.812. The van der Waals surface area contributed by atoms with Crippen LogP contribution in [-0.4, -0.2) is 11.0 Å². The van der Waals surface area contributed by atoms with Gasteiger partial charge in [0.05, 0.1) is 10.7 Å². The van der Waals surface area contributed by atoms with Crippen LogP contribution >= 0.6 is 11.3 Å². The van der Waals surface area contributed by atoms with Crippen molar-refractivity contribution in [1.82, 2.24) is 10.3 Å². The molecule has 0 radical (unpaired) electrons. The van der Waals surface area contributed by atoms with Gasteiger partial charge in [-0.2, -0.15) is 0 Å². The molecule has 3 heteroatoms. The van der Waals surface area contributed by atoms with Crippen molar-refractivity contribution >= 4 is 11.3 Å². The topological polar surface area (TPSA) is 24.9 Å². The molecule has 0 saturated heterocycles. The normalized spacial score (nSPS) is 16.9. The quantitative estimate of drug-likeness (QED) is 0.830. The first-order chi connectivity index (χ1) is 9.06. The van der Waals surface area contributed by atoms with Gasteiger partial charge in [-0.05, 0) is 25.2 Å². The standard InChI is InChI=1S/C16H28N2S/c1-11(2)9-14-15(10-17-12(3)4)19-16(18-14)13-7-5-6-8-13/h11-13,17H,5-10H2,1-4H3. The smallest absolute Gasteiger partial charge is 0.0962 e. The van der Waals surface area contributed by atoms with Crippen LogP contribution in [0, 0.1) is 5.92 Å². The molecule has 19 heavy (non-hydrogen) atoms. The summed E-state index contributed by atoms with van der Waals surface area (Å²) in [5.74, 6) is 1.44. The molecule has 1 saturated carbocycles. The fourth-order valence-electron chi connectivity index (χ4n) is 2.73. The van der Waals surface area contributed by atoms with Gasteiger partial charge in [0.2, 0.25) is 0 Å². The van der Waals surface area contributed by atoms with Crippen molar-refractivity contribution < 1.29 is 0 Å². The monoisotopic (exact) mass is 280 g/mol. The Kier molecular flexibility index (Phi) is 5.40. The van der Waals surface area contributed by atoms with E-state index in [0.29, 0.717) is 12.0 Å². The zero-order valence-corrected chi connectivity index (χ0v) is 13.6. The van der Waals surface area contributed by atoms with Crippen LogP contribution in [-0.2, 0) is 13.0 Å². The van der Waals surface area contributed by atoms with Crippen LogP contribution < -0.4 is 5.32 Å². The Morgan fingerprint density at radius 3 is 2.47 bits per heavy atom. The third kappa shape index (κ3) is 4.28. The van der Waals surface area contributed by atoms with E-state index < -0.39 is 0 Å². The van der Waals surface area contributed by atoms with E-state index in [9.17, 15) is 0 Å². The molecule has 1 N–H and O–H groups in total. The lowest BCUT2D eigenvalue weighted by Crippen LogP contribution is -2.22. The third-order valence-electron chi connectivity index (χ3n) is 3.77. The molecule has 1 heterocycles. The van der Waals surface area contributed by atoms with Crippen molar-refractivity contribution in [3.8, 4) is 0 Å². The molecule has 0 spiro atoms. The van der Waals surface area contributed by atoms with Crippen LogP contribution in [0.15, 0.2) is 0 Å². The first kappa shape index (κ1) is 15.0. The fourth-order valence-corrected chi connectivity index (χ4v) is 3.94. The summed E-state index contributed by atoms with van der Waals surface area (Å²) in [5, 5.41) is 4.96. The van der Waals surface area contributed by atoms with Gasteiger partial charge in [-0.15, -0.1) is 11.3 Å². The molecule has 2 rings (SSSR count). The number of thiazole rings is 1. The zero-order chi connectivity index (χ0) is 13.8. The average Bonchev–Trinajstić information content (AvgIpc) is 2.94. The van der Waals surface area contributed by atoms with Crippen LogP contribution in [0.3, 0.4) is 0 Å². The summed E-state index contributed by atoms with van der Waals surface area (Å²) in [6, 6.07) is 0.545. The lowest BCUT2D eigenvalue weighted by molar-refractivity contribution is 0.581. The molecule has 0 aromatic carbocycles. The maximum atomic E-state index is 4.99. The van der Waals surface area contributed by atoms with Crippen molar-refractivity contribution in [3.05, 3.63) is 15.6 Å². The first-order valence-electron chi connectivity index (χ1n) is 7.78. The highest BCUT2D eigenvalue weighted by atomic mass is 32.1. The molecule has 0 unspecified atom stereocenters. The van der Waals surface area contributed by atoms with Gasteiger partial charge >= 0.3 is 0 Å². The van der Waals surface area contributed by atoms with E-state index >= 15 is 0 Å². The van der Waals surface area contributed by atoms with E-state index in [1.165, 1.54) is 41.3 Å². The number of nitrogens with one attached hydrogen (secondary N) is 1. The number of nitrogens with zero attached hydrogens (tertiary/aromatic N) is 1. The zero-order valence-electron chi connectivity index (χ0n) is 12.8. The van der Waals surface area contributed by atoms with Gasteiger partial charge in [0.15, 0.2) is 0 Å². The number of aromatic nitrogens is 1. The van der Waals surface area contributed by atoms with Gasteiger partial charge in [-0.3, -0.25) is 0 Å². The van der Waals surface area contributed by atoms with Crippen molar-refractivity contribution in [2.24, 2.45) is 5.92 Å². The van der Waals surface area contributed by atoms with E-state index in [1.54, 1.807) is 0 Å². The molecule has 108 valence electrons. The van der Waals surface area contributed by atoms with Crippen molar-refractivity contribution in [3.63, 3.8) is 0 Å². The molecule has 1 aliphatic carbocycles. The van der Waals surface area contributed by atoms with Crippen molar-refractivity contribution in [1.29, 1.82) is 0 Å². The first-order valence-corrected chi connectivity index (χ1v) is 8.59. The lowest BCUT2D eigenvalue weighted by atomic mass is 10.1. The Morgan fingerprint density at radius 2 is 1.89 bits per heavy atom. The summed E-state index contributed by atoms with van der Waals surface area (Å²) in [6.07, 6.45) is 6.61. The highest BCUT2D eigenvalue weighted by molar-refractivity contribution is 7.11.